The molecule has 6 nitrogen and oxygen atoms in total. The van der Waals surface area contributed by atoms with Crippen LogP contribution in [0.2, 0.25) is 5.02 Å². The summed E-state index contributed by atoms with van der Waals surface area (Å²) in [4.78, 5) is 25.7. The lowest BCUT2D eigenvalue weighted by Crippen LogP contribution is -2.49. The van der Waals surface area contributed by atoms with E-state index in [1.54, 1.807) is 4.90 Å². The van der Waals surface area contributed by atoms with E-state index in [2.05, 4.69) is 5.32 Å². The molecule has 1 aliphatic heterocycles. The molecule has 1 saturated carbocycles. The van der Waals surface area contributed by atoms with E-state index >= 15 is 0 Å². The summed E-state index contributed by atoms with van der Waals surface area (Å²) < 4.78 is 70.2. The highest BCUT2D eigenvalue weighted by Gasteiger charge is 2.64. The van der Waals surface area contributed by atoms with Crippen molar-refractivity contribution in [2.24, 2.45) is 5.92 Å². The summed E-state index contributed by atoms with van der Waals surface area (Å²) in [6.07, 6.45) is -4.32. The zero-order valence-electron chi connectivity index (χ0n) is 15.6. The molecule has 0 spiro atoms. The van der Waals surface area contributed by atoms with Gasteiger partial charge in [0.25, 0.3) is 0 Å². The summed E-state index contributed by atoms with van der Waals surface area (Å²) in [5, 5.41) is 3.97. The molecular weight excluding hydrogens is 437 g/mol. The summed E-state index contributed by atoms with van der Waals surface area (Å²) in [6.45, 7) is 0.174. The first-order valence-electron chi connectivity index (χ1n) is 9.14. The molecule has 1 aliphatic carbocycles. The Hall–Kier alpha value is -1.98. The fourth-order valence-corrected chi connectivity index (χ4v) is 3.42. The third-order valence-corrected chi connectivity index (χ3v) is 5.35. The third kappa shape index (κ3) is 5.19. The Morgan fingerprint density at radius 1 is 1.27 bits per heavy atom. The highest BCUT2D eigenvalue weighted by Crippen LogP contribution is 2.48. The number of amides is 2. The summed E-state index contributed by atoms with van der Waals surface area (Å²) in [5.74, 6) is -4.12. The summed E-state index contributed by atoms with van der Waals surface area (Å²) in [6, 6.07) is 1.92. The molecule has 30 heavy (non-hydrogen) atoms. The molecule has 3 rings (SSSR count). The van der Waals surface area contributed by atoms with Crippen molar-refractivity contribution < 1.29 is 36.3 Å². The van der Waals surface area contributed by atoms with Gasteiger partial charge >= 0.3 is 6.18 Å². The van der Waals surface area contributed by atoms with E-state index in [9.17, 15) is 31.5 Å². The highest BCUT2D eigenvalue weighted by atomic mass is 35.5. The van der Waals surface area contributed by atoms with Crippen molar-refractivity contribution in [1.29, 1.82) is 0 Å². The minimum Gasteiger partial charge on any atom is -0.356 e. The van der Waals surface area contributed by atoms with Crippen LogP contribution in [0, 0.1) is 17.6 Å². The first-order valence-corrected chi connectivity index (χ1v) is 9.52. The Labute approximate surface area is 173 Å². The Balaban J connectivity index is 1.40. The van der Waals surface area contributed by atoms with Crippen LogP contribution in [0.3, 0.4) is 0 Å². The van der Waals surface area contributed by atoms with Crippen LogP contribution in [0.5, 0.6) is 0 Å². The van der Waals surface area contributed by atoms with Crippen molar-refractivity contribution in [2.75, 3.05) is 31.7 Å². The predicted octanol–water partition coefficient (Wildman–Crippen LogP) is 3.06. The zero-order valence-corrected chi connectivity index (χ0v) is 16.4. The number of anilines is 1. The average Bonchev–Trinajstić information content (AvgIpc) is 3.28. The van der Waals surface area contributed by atoms with Gasteiger partial charge in [0.05, 0.1) is 17.7 Å². The van der Waals surface area contributed by atoms with Crippen molar-refractivity contribution >= 4 is 29.1 Å². The number of ether oxygens (including phenoxy) is 1. The van der Waals surface area contributed by atoms with Crippen LogP contribution in [-0.4, -0.2) is 54.9 Å². The van der Waals surface area contributed by atoms with Crippen molar-refractivity contribution in [2.45, 2.75) is 31.0 Å². The SMILES string of the molecule is O=C(COCN1CC[C@H](C(=O)Nc2cc(F)c(F)c(Cl)c2)C1)NC1(C(F)(F)F)CC1. The first-order chi connectivity index (χ1) is 14.0. The Kier molecular flexibility index (Phi) is 6.54. The van der Waals surface area contributed by atoms with Gasteiger partial charge in [-0.05, 0) is 25.3 Å². The summed E-state index contributed by atoms with van der Waals surface area (Å²) in [7, 11) is 0. The van der Waals surface area contributed by atoms with E-state index in [1.165, 1.54) is 0 Å². The number of benzene rings is 1. The van der Waals surface area contributed by atoms with Gasteiger partial charge < -0.3 is 15.4 Å². The fraction of sp³-hybridized carbons (Fsp3) is 0.556. The minimum absolute atomic E-state index is 0.0222. The quantitative estimate of drug-likeness (QED) is 0.490. The normalized spacial score (nSPS) is 20.8. The Morgan fingerprint density at radius 2 is 1.97 bits per heavy atom. The molecule has 1 atom stereocenters. The van der Waals surface area contributed by atoms with Gasteiger partial charge in [-0.2, -0.15) is 13.2 Å². The first kappa shape index (κ1) is 22.7. The van der Waals surface area contributed by atoms with E-state index < -0.39 is 52.7 Å². The summed E-state index contributed by atoms with van der Waals surface area (Å²) in [5.41, 5.74) is -2.11. The van der Waals surface area contributed by atoms with Crippen LogP contribution in [0.4, 0.5) is 27.6 Å². The van der Waals surface area contributed by atoms with Crippen LogP contribution in [0.1, 0.15) is 19.3 Å². The van der Waals surface area contributed by atoms with E-state index in [-0.39, 0.29) is 31.8 Å². The maximum absolute atomic E-state index is 13.4. The van der Waals surface area contributed by atoms with Gasteiger partial charge in [-0.3, -0.25) is 14.5 Å². The van der Waals surface area contributed by atoms with Crippen molar-refractivity contribution in [3.8, 4) is 0 Å². The van der Waals surface area contributed by atoms with Crippen molar-refractivity contribution in [1.82, 2.24) is 10.2 Å². The smallest absolute Gasteiger partial charge is 0.356 e. The molecule has 1 saturated heterocycles. The molecule has 0 unspecified atom stereocenters. The van der Waals surface area contributed by atoms with Gasteiger partial charge in [0.15, 0.2) is 11.6 Å². The summed E-state index contributed by atoms with van der Waals surface area (Å²) >= 11 is 5.55. The number of hydrogen-bond acceptors (Lipinski definition) is 4. The number of carbonyl (C=O) groups excluding carboxylic acids is 2. The van der Waals surface area contributed by atoms with Gasteiger partial charge in [-0.25, -0.2) is 8.78 Å². The van der Waals surface area contributed by atoms with E-state index in [0.29, 0.717) is 13.0 Å². The van der Waals surface area contributed by atoms with Gasteiger partial charge in [0.2, 0.25) is 11.8 Å². The monoisotopic (exact) mass is 455 g/mol. The number of hydrogen-bond donors (Lipinski definition) is 2. The molecule has 0 aromatic heterocycles. The second-order valence-electron chi connectivity index (χ2n) is 7.41. The number of halogens is 6. The van der Waals surface area contributed by atoms with Crippen LogP contribution in [0.25, 0.3) is 0 Å². The molecule has 1 aromatic carbocycles. The lowest BCUT2D eigenvalue weighted by Gasteiger charge is -2.21. The largest absolute Gasteiger partial charge is 0.411 e. The lowest BCUT2D eigenvalue weighted by molar-refractivity contribution is -0.171. The standard InChI is InChI=1S/C18H19ClF5N3O3/c19-12-5-11(6-13(20)15(12)21)25-16(29)10-1-4-27(7-10)9-30-8-14(28)26-17(2-3-17)18(22,23)24/h5-6,10H,1-4,7-9H2,(H,25,29)(H,26,28)/t10-/m0/s1. The van der Waals surface area contributed by atoms with E-state index in [0.717, 1.165) is 12.1 Å². The molecule has 2 fully saturated rings. The molecule has 0 radical (unpaired) electrons. The highest BCUT2D eigenvalue weighted by molar-refractivity contribution is 6.31. The van der Waals surface area contributed by atoms with Crippen molar-refractivity contribution in [3.05, 3.63) is 28.8 Å². The molecule has 2 aliphatic rings. The molecule has 1 aromatic rings. The maximum Gasteiger partial charge on any atom is 0.411 e. The molecule has 0 bridgehead atoms. The predicted molar refractivity (Wildman–Crippen MR) is 96.7 cm³/mol. The molecule has 166 valence electrons. The van der Waals surface area contributed by atoms with Gasteiger partial charge in [-0.15, -0.1) is 0 Å². The lowest BCUT2D eigenvalue weighted by atomic mass is 10.1. The van der Waals surface area contributed by atoms with Crippen LogP contribution in [0.15, 0.2) is 12.1 Å². The number of nitrogens with one attached hydrogen (secondary N) is 2. The zero-order chi connectivity index (χ0) is 22.1. The number of alkyl halides is 3. The average molecular weight is 456 g/mol. The van der Waals surface area contributed by atoms with Crippen LogP contribution in [-0.2, 0) is 14.3 Å². The maximum atomic E-state index is 13.4. The molecule has 2 amide bonds. The number of nitrogens with zero attached hydrogens (tertiary/aromatic N) is 1. The molecule has 2 N–H and O–H groups in total. The van der Waals surface area contributed by atoms with Gasteiger partial charge in [0.1, 0.15) is 12.1 Å². The fourth-order valence-electron chi connectivity index (χ4n) is 3.21. The van der Waals surface area contributed by atoms with Gasteiger partial charge in [0, 0.05) is 24.8 Å². The van der Waals surface area contributed by atoms with E-state index in [1.807, 2.05) is 5.32 Å². The number of carbonyl (C=O) groups is 2. The van der Waals surface area contributed by atoms with Crippen molar-refractivity contribution in [3.63, 3.8) is 0 Å². The van der Waals surface area contributed by atoms with Crippen LogP contribution < -0.4 is 10.6 Å². The molecule has 1 heterocycles. The van der Waals surface area contributed by atoms with Crippen LogP contribution >= 0.6 is 11.6 Å². The molecule has 12 heteroatoms. The third-order valence-electron chi connectivity index (χ3n) is 5.07. The minimum atomic E-state index is -4.49. The Bertz CT molecular complexity index is 809. The van der Waals surface area contributed by atoms with Gasteiger partial charge in [-0.1, -0.05) is 11.6 Å². The Morgan fingerprint density at radius 3 is 2.57 bits per heavy atom. The molecular formula is C18H19ClF5N3O3. The van der Waals surface area contributed by atoms with E-state index in [4.69, 9.17) is 16.3 Å². The second-order valence-corrected chi connectivity index (χ2v) is 7.82. The second kappa shape index (κ2) is 8.64. The number of rotatable bonds is 7. The number of likely N-dealkylation sites (tertiary alicyclic amines) is 1. The topological polar surface area (TPSA) is 70.7 Å².